The van der Waals surface area contributed by atoms with Gasteiger partial charge in [-0.15, -0.1) is 0 Å². The number of anilines is 2. The number of nitrogens with zero attached hydrogens (tertiary/aromatic N) is 3. The van der Waals surface area contributed by atoms with Gasteiger partial charge in [-0.2, -0.15) is 13.2 Å². The van der Waals surface area contributed by atoms with Crippen molar-refractivity contribution in [3.63, 3.8) is 0 Å². The third-order valence-electron chi connectivity index (χ3n) is 6.28. The third-order valence-corrected chi connectivity index (χ3v) is 6.53. The molecular formula is C26H28ClF3N4. The molecule has 1 aliphatic rings. The Morgan fingerprint density at radius 1 is 0.941 bits per heavy atom. The Kier molecular flexibility index (Phi) is 7.63. The van der Waals surface area contributed by atoms with Crippen LogP contribution in [0.3, 0.4) is 0 Å². The van der Waals surface area contributed by atoms with Crippen LogP contribution in [0.2, 0.25) is 5.02 Å². The molecule has 1 aromatic heterocycles. The van der Waals surface area contributed by atoms with Gasteiger partial charge in [0.15, 0.2) is 0 Å². The van der Waals surface area contributed by atoms with Gasteiger partial charge in [-0.25, -0.2) is 0 Å². The fraction of sp³-hybridized carbons (Fsp3) is 0.346. The lowest BCUT2D eigenvalue weighted by molar-refractivity contribution is -0.137. The SMILES string of the molecule is Nc1c(-c2ccc(Cl)cc2)ccnc1CCCCN1CCN(c2cccc(C(F)(F)F)c2)CC1. The number of pyridine rings is 1. The average molecular weight is 489 g/mol. The van der Waals surface area contributed by atoms with E-state index in [1.54, 1.807) is 12.3 Å². The Labute approximate surface area is 203 Å². The van der Waals surface area contributed by atoms with Crippen LogP contribution in [0.1, 0.15) is 24.1 Å². The molecule has 2 N–H and O–H groups in total. The van der Waals surface area contributed by atoms with Crippen LogP contribution < -0.4 is 10.6 Å². The standard InChI is InChI=1S/C26H28ClF3N4/c27-21-9-7-19(8-10-21)23-11-12-32-24(25(23)31)6-1-2-13-33-14-16-34(17-15-33)22-5-3-4-20(18-22)26(28,29)30/h3-5,7-12,18H,1-2,6,13-17,31H2. The predicted molar refractivity (Wildman–Crippen MR) is 132 cm³/mol. The fourth-order valence-electron chi connectivity index (χ4n) is 4.33. The van der Waals surface area contributed by atoms with Gasteiger partial charge in [0.05, 0.1) is 16.9 Å². The molecule has 1 aliphatic heterocycles. The number of benzene rings is 2. The molecule has 1 fully saturated rings. The highest BCUT2D eigenvalue weighted by atomic mass is 35.5. The third kappa shape index (κ3) is 6.02. The molecule has 0 bridgehead atoms. The molecule has 0 saturated carbocycles. The number of nitrogen functional groups attached to an aromatic ring is 1. The maximum atomic E-state index is 13.0. The molecule has 34 heavy (non-hydrogen) atoms. The molecule has 0 spiro atoms. The summed E-state index contributed by atoms with van der Waals surface area (Å²) in [5.41, 5.74) is 10.0. The number of unbranched alkanes of at least 4 members (excludes halogenated alkanes) is 1. The van der Waals surface area contributed by atoms with E-state index in [0.717, 1.165) is 74.9 Å². The average Bonchev–Trinajstić information content (AvgIpc) is 2.83. The van der Waals surface area contributed by atoms with Gasteiger partial charge >= 0.3 is 6.18 Å². The molecule has 2 heterocycles. The van der Waals surface area contributed by atoms with Crippen LogP contribution in [0.15, 0.2) is 60.8 Å². The minimum absolute atomic E-state index is 0.597. The molecule has 8 heteroatoms. The molecule has 180 valence electrons. The van der Waals surface area contributed by atoms with Crippen molar-refractivity contribution in [1.82, 2.24) is 9.88 Å². The van der Waals surface area contributed by atoms with Gasteiger partial charge < -0.3 is 10.6 Å². The number of hydrogen-bond acceptors (Lipinski definition) is 4. The molecule has 4 nitrogen and oxygen atoms in total. The van der Waals surface area contributed by atoms with Crippen molar-refractivity contribution >= 4 is 23.0 Å². The summed E-state index contributed by atoms with van der Waals surface area (Å²) in [5, 5.41) is 0.687. The van der Waals surface area contributed by atoms with E-state index in [2.05, 4.69) is 9.88 Å². The Morgan fingerprint density at radius 3 is 2.38 bits per heavy atom. The largest absolute Gasteiger partial charge is 0.416 e. The van der Waals surface area contributed by atoms with Crippen LogP contribution in [0, 0.1) is 0 Å². The van der Waals surface area contributed by atoms with Gasteiger partial charge in [-0.05, 0) is 67.8 Å². The normalized spacial score (nSPS) is 15.0. The van der Waals surface area contributed by atoms with Crippen molar-refractivity contribution in [2.24, 2.45) is 0 Å². The lowest BCUT2D eigenvalue weighted by Gasteiger charge is -2.36. The number of aryl methyl sites for hydroxylation is 1. The zero-order valence-electron chi connectivity index (χ0n) is 18.9. The Bertz CT molecular complexity index is 1090. The first kappa shape index (κ1) is 24.4. The van der Waals surface area contributed by atoms with E-state index >= 15 is 0 Å². The van der Waals surface area contributed by atoms with Crippen molar-refractivity contribution in [1.29, 1.82) is 0 Å². The van der Waals surface area contributed by atoms with Crippen LogP contribution in [0.4, 0.5) is 24.5 Å². The predicted octanol–water partition coefficient (Wildman–Crippen LogP) is 6.15. The van der Waals surface area contributed by atoms with E-state index < -0.39 is 11.7 Å². The fourth-order valence-corrected chi connectivity index (χ4v) is 4.46. The summed E-state index contributed by atoms with van der Waals surface area (Å²) < 4.78 is 39.0. The Morgan fingerprint density at radius 2 is 1.68 bits per heavy atom. The second-order valence-corrected chi connectivity index (χ2v) is 9.00. The first-order chi connectivity index (χ1) is 16.3. The molecule has 0 unspecified atom stereocenters. The summed E-state index contributed by atoms with van der Waals surface area (Å²) in [7, 11) is 0. The molecule has 1 saturated heterocycles. The Hall–Kier alpha value is -2.77. The zero-order valence-corrected chi connectivity index (χ0v) is 19.6. The van der Waals surface area contributed by atoms with E-state index in [1.807, 2.05) is 35.2 Å². The van der Waals surface area contributed by atoms with E-state index in [0.29, 0.717) is 16.4 Å². The van der Waals surface area contributed by atoms with Gasteiger partial charge in [0, 0.05) is 48.6 Å². The van der Waals surface area contributed by atoms with Crippen LogP contribution in [-0.4, -0.2) is 42.6 Å². The number of piperazine rings is 1. The number of hydrogen-bond donors (Lipinski definition) is 1. The van der Waals surface area contributed by atoms with Crippen molar-refractivity contribution in [3.8, 4) is 11.1 Å². The molecule has 0 atom stereocenters. The Balaban J connectivity index is 1.24. The highest BCUT2D eigenvalue weighted by Gasteiger charge is 2.31. The second kappa shape index (κ2) is 10.7. The number of aromatic nitrogens is 1. The second-order valence-electron chi connectivity index (χ2n) is 8.56. The summed E-state index contributed by atoms with van der Waals surface area (Å²) in [6.07, 6.45) is 0.259. The van der Waals surface area contributed by atoms with Gasteiger partial charge in [0.2, 0.25) is 0 Å². The zero-order chi connectivity index (χ0) is 24.1. The first-order valence-electron chi connectivity index (χ1n) is 11.4. The molecule has 3 aromatic rings. The van der Waals surface area contributed by atoms with E-state index in [4.69, 9.17) is 17.3 Å². The van der Waals surface area contributed by atoms with Crippen LogP contribution in [0.25, 0.3) is 11.1 Å². The number of alkyl halides is 3. The van der Waals surface area contributed by atoms with Crippen LogP contribution >= 0.6 is 11.6 Å². The van der Waals surface area contributed by atoms with Crippen LogP contribution in [-0.2, 0) is 12.6 Å². The van der Waals surface area contributed by atoms with Crippen molar-refractivity contribution in [2.75, 3.05) is 43.4 Å². The summed E-state index contributed by atoms with van der Waals surface area (Å²) in [6.45, 7) is 4.07. The summed E-state index contributed by atoms with van der Waals surface area (Å²) >= 11 is 5.99. The van der Waals surface area contributed by atoms with E-state index in [9.17, 15) is 13.2 Å². The van der Waals surface area contributed by atoms with Gasteiger partial charge in [0.1, 0.15) is 0 Å². The van der Waals surface area contributed by atoms with E-state index in [1.165, 1.54) is 12.1 Å². The summed E-state index contributed by atoms with van der Waals surface area (Å²) in [6, 6.07) is 15.1. The quantitative estimate of drug-likeness (QED) is 0.405. The molecule has 0 amide bonds. The van der Waals surface area contributed by atoms with Gasteiger partial charge in [-0.1, -0.05) is 29.8 Å². The number of halogens is 4. The van der Waals surface area contributed by atoms with Gasteiger partial charge in [-0.3, -0.25) is 9.88 Å². The topological polar surface area (TPSA) is 45.4 Å². The minimum Gasteiger partial charge on any atom is -0.397 e. The van der Waals surface area contributed by atoms with Gasteiger partial charge in [0.25, 0.3) is 0 Å². The minimum atomic E-state index is -4.32. The monoisotopic (exact) mass is 488 g/mol. The first-order valence-corrected chi connectivity index (χ1v) is 11.8. The number of rotatable bonds is 7. The smallest absolute Gasteiger partial charge is 0.397 e. The van der Waals surface area contributed by atoms with E-state index in [-0.39, 0.29) is 0 Å². The maximum Gasteiger partial charge on any atom is 0.416 e. The lowest BCUT2D eigenvalue weighted by Crippen LogP contribution is -2.46. The molecular weight excluding hydrogens is 461 g/mol. The van der Waals surface area contributed by atoms with Crippen molar-refractivity contribution in [3.05, 3.63) is 77.1 Å². The number of nitrogens with two attached hydrogens (primary N) is 1. The molecule has 2 aromatic carbocycles. The van der Waals surface area contributed by atoms with Crippen molar-refractivity contribution < 1.29 is 13.2 Å². The molecule has 4 rings (SSSR count). The lowest BCUT2D eigenvalue weighted by atomic mass is 10.0. The molecule has 0 radical (unpaired) electrons. The highest BCUT2D eigenvalue weighted by Crippen LogP contribution is 2.32. The summed E-state index contributed by atoms with van der Waals surface area (Å²) in [5.74, 6) is 0. The van der Waals surface area contributed by atoms with Crippen LogP contribution in [0.5, 0.6) is 0 Å². The summed E-state index contributed by atoms with van der Waals surface area (Å²) in [4.78, 5) is 8.88. The highest BCUT2D eigenvalue weighted by molar-refractivity contribution is 6.30. The maximum absolute atomic E-state index is 13.0. The van der Waals surface area contributed by atoms with Crippen molar-refractivity contribution in [2.45, 2.75) is 25.4 Å². The molecule has 0 aliphatic carbocycles.